The maximum atomic E-state index is 12.0. The highest BCUT2D eigenvalue weighted by Crippen LogP contribution is 2.40. The third kappa shape index (κ3) is 4.89. The Kier molecular flexibility index (Phi) is 6.71. The summed E-state index contributed by atoms with van der Waals surface area (Å²) in [6, 6.07) is 6.31. The first-order valence-corrected chi connectivity index (χ1v) is 11.7. The number of carboxylic acids is 1. The van der Waals surface area contributed by atoms with Crippen LogP contribution in [0.1, 0.15) is 54.4 Å². The van der Waals surface area contributed by atoms with Crippen LogP contribution in [0.15, 0.2) is 45.1 Å². The minimum atomic E-state index is -0.977. The number of hydrogen-bond donors (Lipinski definition) is 2. The summed E-state index contributed by atoms with van der Waals surface area (Å²) in [5.74, 6) is 1.22. The molecule has 2 aliphatic heterocycles. The average molecular weight is 495 g/mol. The number of methoxy groups -OCH3 is 1. The molecule has 2 aromatic carbocycles. The van der Waals surface area contributed by atoms with Crippen molar-refractivity contribution < 1.29 is 33.6 Å². The Bertz CT molecular complexity index is 1430. The first-order valence-electron chi connectivity index (χ1n) is 11.7. The lowest BCUT2D eigenvalue weighted by molar-refractivity contribution is 0.0690. The zero-order valence-electron chi connectivity index (χ0n) is 21.1. The number of aryl methyl sites for hydroxylation is 1. The second kappa shape index (κ2) is 9.60. The minimum Gasteiger partial charge on any atom is -0.507 e. The van der Waals surface area contributed by atoms with E-state index in [4.69, 9.17) is 23.7 Å². The van der Waals surface area contributed by atoms with Crippen LogP contribution in [0, 0.1) is 6.92 Å². The molecule has 5 rings (SSSR count). The lowest BCUT2D eigenvalue weighted by atomic mass is 9.92. The van der Waals surface area contributed by atoms with Crippen LogP contribution in [0.4, 0.5) is 0 Å². The molecule has 0 amide bonds. The molecule has 0 aliphatic carbocycles. The van der Waals surface area contributed by atoms with Gasteiger partial charge >= 0.3 is 5.97 Å². The van der Waals surface area contributed by atoms with E-state index in [9.17, 15) is 14.7 Å². The van der Waals surface area contributed by atoms with E-state index in [0.717, 1.165) is 29.7 Å². The van der Waals surface area contributed by atoms with E-state index < -0.39 is 5.97 Å². The van der Waals surface area contributed by atoms with Gasteiger partial charge in [-0.3, -0.25) is 4.79 Å². The Morgan fingerprint density at radius 1 is 1.11 bits per heavy atom. The molecule has 0 saturated carbocycles. The van der Waals surface area contributed by atoms with Gasteiger partial charge in [0.05, 0.1) is 7.11 Å². The Morgan fingerprint density at radius 3 is 2.56 bits per heavy atom. The SMILES string of the molecule is CC1=CCc2c(cc3oc(C)cc(=O)c3c2O)OC1.COc1c(C(=O)O)ccc2c1CCC(C)(C)O2. The van der Waals surface area contributed by atoms with Crippen LogP contribution in [0.2, 0.25) is 0 Å². The lowest BCUT2D eigenvalue weighted by Crippen LogP contribution is -2.32. The number of benzene rings is 2. The van der Waals surface area contributed by atoms with Crippen LogP contribution in [0.3, 0.4) is 0 Å². The van der Waals surface area contributed by atoms with Gasteiger partial charge < -0.3 is 28.8 Å². The van der Waals surface area contributed by atoms with Crippen molar-refractivity contribution in [1.29, 1.82) is 0 Å². The van der Waals surface area contributed by atoms with Crippen molar-refractivity contribution in [3.63, 3.8) is 0 Å². The van der Waals surface area contributed by atoms with Gasteiger partial charge in [0.25, 0.3) is 0 Å². The molecule has 8 heteroatoms. The summed E-state index contributed by atoms with van der Waals surface area (Å²) in [6.45, 7) is 8.20. The summed E-state index contributed by atoms with van der Waals surface area (Å²) in [6.07, 6.45) is 4.16. The normalized spacial score (nSPS) is 15.6. The second-order valence-electron chi connectivity index (χ2n) is 9.63. The molecule has 2 aliphatic rings. The monoisotopic (exact) mass is 494 g/mol. The van der Waals surface area contributed by atoms with E-state index in [2.05, 4.69) is 0 Å². The maximum absolute atomic E-state index is 12.0. The van der Waals surface area contributed by atoms with E-state index in [1.165, 1.54) is 19.2 Å². The predicted molar refractivity (Wildman–Crippen MR) is 135 cm³/mol. The highest BCUT2D eigenvalue weighted by Gasteiger charge is 2.30. The number of aromatic carboxylic acids is 1. The molecule has 0 spiro atoms. The van der Waals surface area contributed by atoms with E-state index >= 15 is 0 Å². The molecule has 0 atom stereocenters. The molecule has 8 nitrogen and oxygen atoms in total. The number of phenols is 1. The van der Waals surface area contributed by atoms with Gasteiger partial charge in [0.1, 0.15) is 57.5 Å². The van der Waals surface area contributed by atoms with Crippen molar-refractivity contribution in [3.8, 4) is 23.0 Å². The third-order valence-corrected chi connectivity index (χ3v) is 6.31. The van der Waals surface area contributed by atoms with E-state index in [1.807, 2.05) is 26.8 Å². The Balaban J connectivity index is 0.000000170. The molecule has 0 radical (unpaired) electrons. The van der Waals surface area contributed by atoms with Crippen molar-refractivity contribution in [3.05, 3.63) is 68.6 Å². The molecule has 36 heavy (non-hydrogen) atoms. The van der Waals surface area contributed by atoms with E-state index in [-0.39, 0.29) is 27.7 Å². The fourth-order valence-electron chi connectivity index (χ4n) is 4.41. The smallest absolute Gasteiger partial charge is 0.339 e. The molecule has 0 fully saturated rings. The molecule has 2 N–H and O–H groups in total. The van der Waals surface area contributed by atoms with Crippen LogP contribution < -0.4 is 19.6 Å². The van der Waals surface area contributed by atoms with Crippen LogP contribution in [-0.4, -0.2) is 35.5 Å². The summed E-state index contributed by atoms with van der Waals surface area (Å²) in [4.78, 5) is 23.1. The number of hydrogen-bond acceptors (Lipinski definition) is 7. The quantitative estimate of drug-likeness (QED) is 0.468. The van der Waals surface area contributed by atoms with Gasteiger partial charge in [-0.15, -0.1) is 0 Å². The highest BCUT2D eigenvalue weighted by molar-refractivity contribution is 5.92. The fourth-order valence-corrected chi connectivity index (χ4v) is 4.41. The molecular weight excluding hydrogens is 464 g/mol. The summed E-state index contributed by atoms with van der Waals surface area (Å²) in [5.41, 5.74) is 2.70. The van der Waals surface area contributed by atoms with Crippen molar-refractivity contribution >= 4 is 16.9 Å². The standard InChI is InChI=1S/C15H14O4.C13H16O4/c1-8-3-4-10-12(18-7-8)6-13-14(15(10)17)11(16)5-9(2)19-13;1-13(2)7-6-8-10(17-13)5-4-9(12(14)15)11(8)16-3/h3,5-6,17H,4,7H2,1-2H3;4-5H,6-7H2,1-3H3,(H,14,15). The summed E-state index contributed by atoms with van der Waals surface area (Å²) >= 11 is 0. The van der Waals surface area contributed by atoms with Crippen molar-refractivity contribution in [2.75, 3.05) is 13.7 Å². The molecule has 1 aromatic heterocycles. The Hall–Kier alpha value is -3.94. The summed E-state index contributed by atoms with van der Waals surface area (Å²) in [7, 11) is 1.49. The van der Waals surface area contributed by atoms with Crippen molar-refractivity contribution in [2.45, 2.75) is 52.6 Å². The second-order valence-corrected chi connectivity index (χ2v) is 9.63. The van der Waals surface area contributed by atoms with Crippen LogP contribution in [0.5, 0.6) is 23.0 Å². The molecule has 3 heterocycles. The molecule has 0 saturated heterocycles. The van der Waals surface area contributed by atoms with Crippen LogP contribution in [-0.2, 0) is 12.8 Å². The van der Waals surface area contributed by atoms with Gasteiger partial charge in [-0.05, 0) is 64.7 Å². The van der Waals surface area contributed by atoms with Gasteiger partial charge in [-0.25, -0.2) is 4.79 Å². The number of allylic oxidation sites excluding steroid dienone is 1. The molecule has 190 valence electrons. The first kappa shape index (κ1) is 25.2. The average Bonchev–Trinajstić information content (AvgIpc) is 2.99. The van der Waals surface area contributed by atoms with Gasteiger partial charge in [0.2, 0.25) is 0 Å². The number of aromatic hydroxyl groups is 1. The fraction of sp³-hybridized carbons (Fsp3) is 0.357. The zero-order chi connectivity index (χ0) is 26.2. The predicted octanol–water partition coefficient (Wildman–Crippen LogP) is 5.19. The molecule has 3 aromatic rings. The Morgan fingerprint density at radius 2 is 1.86 bits per heavy atom. The lowest BCUT2D eigenvalue weighted by Gasteiger charge is -2.33. The van der Waals surface area contributed by atoms with Crippen molar-refractivity contribution in [1.82, 2.24) is 0 Å². The van der Waals surface area contributed by atoms with Gasteiger partial charge in [0, 0.05) is 23.3 Å². The van der Waals surface area contributed by atoms with Crippen LogP contribution in [0.25, 0.3) is 11.0 Å². The van der Waals surface area contributed by atoms with Crippen molar-refractivity contribution in [2.24, 2.45) is 0 Å². The summed E-state index contributed by atoms with van der Waals surface area (Å²) < 4.78 is 22.2. The largest absolute Gasteiger partial charge is 0.507 e. The molecule has 0 bridgehead atoms. The zero-order valence-corrected chi connectivity index (χ0v) is 21.1. The number of phenolic OH excluding ortho intramolecular Hbond substituents is 1. The van der Waals surface area contributed by atoms with Gasteiger partial charge in [-0.2, -0.15) is 0 Å². The highest BCUT2D eigenvalue weighted by atomic mass is 16.5. The van der Waals surface area contributed by atoms with E-state index in [0.29, 0.717) is 41.4 Å². The van der Waals surface area contributed by atoms with Crippen LogP contribution >= 0.6 is 0 Å². The third-order valence-electron chi connectivity index (χ3n) is 6.31. The Labute approximate surface area is 208 Å². The first-order chi connectivity index (χ1) is 17.0. The van der Waals surface area contributed by atoms with Gasteiger partial charge in [0.15, 0.2) is 5.43 Å². The number of carboxylic acid groups (broad SMARTS) is 1. The number of fused-ring (bicyclic) bond motifs is 3. The summed E-state index contributed by atoms with van der Waals surface area (Å²) in [5, 5.41) is 19.6. The molecular formula is C28H30O8. The number of carbonyl (C=O) groups is 1. The minimum absolute atomic E-state index is 0.0350. The topological polar surface area (TPSA) is 115 Å². The van der Waals surface area contributed by atoms with Gasteiger partial charge in [-0.1, -0.05) is 6.08 Å². The maximum Gasteiger partial charge on any atom is 0.339 e. The van der Waals surface area contributed by atoms with E-state index in [1.54, 1.807) is 19.1 Å². The number of rotatable bonds is 2. The molecule has 0 unspecified atom stereocenters. The number of ether oxygens (including phenoxy) is 3.